The molecule has 202 valence electrons. The van der Waals surface area contributed by atoms with E-state index in [0.717, 1.165) is 51.4 Å². The summed E-state index contributed by atoms with van der Waals surface area (Å²) in [7, 11) is 0. The number of unbranched alkanes of at least 4 members (excludes halogenated alkanes) is 2. The molecule has 1 atom stereocenters. The van der Waals surface area contributed by atoms with Gasteiger partial charge in [-0.3, -0.25) is 4.79 Å². The molecular weight excluding hydrogens is 464 g/mol. The van der Waals surface area contributed by atoms with Gasteiger partial charge in [0.2, 0.25) is 0 Å². The molecule has 0 radical (unpaired) electrons. The number of phenols is 1. The van der Waals surface area contributed by atoms with E-state index in [0.29, 0.717) is 18.6 Å². The Balaban J connectivity index is 2.15. The first-order valence-corrected chi connectivity index (χ1v) is 13.4. The second-order valence-electron chi connectivity index (χ2n) is 8.77. The Kier molecular flexibility index (Phi) is 18.0. The highest BCUT2D eigenvalue weighted by Gasteiger charge is 2.18. The SMILES string of the molecule is CC/C=C\C/C=C\C/C=C\C/C=C\C/C=C\CCCCO[C@H](CC)C(=O)Cc1ccc(O)c(C(=O)O)c1. The van der Waals surface area contributed by atoms with Gasteiger partial charge >= 0.3 is 5.97 Å². The molecule has 0 heterocycles. The van der Waals surface area contributed by atoms with Gasteiger partial charge in [-0.2, -0.15) is 0 Å². The zero-order valence-corrected chi connectivity index (χ0v) is 22.5. The quantitative estimate of drug-likeness (QED) is 0.138. The molecule has 2 N–H and O–H groups in total. The first kappa shape index (κ1) is 31.8. The number of aromatic carboxylic acids is 1. The van der Waals surface area contributed by atoms with Crippen LogP contribution in [0.4, 0.5) is 0 Å². The summed E-state index contributed by atoms with van der Waals surface area (Å²) in [4.78, 5) is 23.7. The summed E-state index contributed by atoms with van der Waals surface area (Å²) < 4.78 is 5.79. The lowest BCUT2D eigenvalue weighted by Gasteiger charge is -2.15. The van der Waals surface area contributed by atoms with Gasteiger partial charge in [-0.05, 0) is 75.5 Å². The molecule has 1 aromatic rings. The Bertz CT molecular complexity index is 936. The molecule has 5 heteroatoms. The topological polar surface area (TPSA) is 83.8 Å². The van der Waals surface area contributed by atoms with E-state index >= 15 is 0 Å². The molecule has 0 saturated heterocycles. The van der Waals surface area contributed by atoms with Crippen LogP contribution in [0.15, 0.2) is 79.0 Å². The van der Waals surface area contributed by atoms with Crippen LogP contribution >= 0.6 is 0 Å². The van der Waals surface area contributed by atoms with E-state index in [2.05, 4.69) is 67.7 Å². The van der Waals surface area contributed by atoms with Crippen molar-refractivity contribution in [3.8, 4) is 5.75 Å². The summed E-state index contributed by atoms with van der Waals surface area (Å²) in [5, 5.41) is 18.7. The largest absolute Gasteiger partial charge is 0.507 e. The van der Waals surface area contributed by atoms with Crippen molar-refractivity contribution in [1.82, 2.24) is 0 Å². The van der Waals surface area contributed by atoms with Crippen molar-refractivity contribution in [3.63, 3.8) is 0 Å². The van der Waals surface area contributed by atoms with Crippen molar-refractivity contribution >= 4 is 11.8 Å². The summed E-state index contributed by atoms with van der Waals surface area (Å²) in [6, 6.07) is 4.22. The minimum absolute atomic E-state index is 0.0812. The van der Waals surface area contributed by atoms with Crippen molar-refractivity contribution in [3.05, 3.63) is 90.1 Å². The van der Waals surface area contributed by atoms with Crippen LogP contribution in [0.3, 0.4) is 0 Å². The average Bonchev–Trinajstić information content (AvgIpc) is 2.88. The first-order valence-electron chi connectivity index (χ1n) is 13.4. The lowest BCUT2D eigenvalue weighted by molar-refractivity contribution is -0.130. The average molecular weight is 509 g/mol. The smallest absolute Gasteiger partial charge is 0.339 e. The second kappa shape index (κ2) is 21.0. The summed E-state index contributed by atoms with van der Waals surface area (Å²) in [6.07, 6.45) is 29.9. The number of carboxylic acids is 1. The van der Waals surface area contributed by atoms with Crippen LogP contribution in [-0.2, 0) is 16.0 Å². The molecule has 1 aromatic carbocycles. The minimum atomic E-state index is -1.22. The molecule has 0 aliphatic heterocycles. The highest BCUT2D eigenvalue weighted by Crippen LogP contribution is 2.19. The van der Waals surface area contributed by atoms with Crippen LogP contribution in [0, 0.1) is 0 Å². The third-order valence-corrected chi connectivity index (χ3v) is 5.64. The molecule has 0 spiro atoms. The van der Waals surface area contributed by atoms with Crippen LogP contribution in [0.5, 0.6) is 5.75 Å². The van der Waals surface area contributed by atoms with Crippen molar-refractivity contribution in [2.45, 2.75) is 84.2 Å². The molecule has 1 rings (SSSR count). The fraction of sp³-hybridized carbons (Fsp3) is 0.438. The molecule has 0 unspecified atom stereocenters. The molecule has 0 saturated carbocycles. The number of Topliss-reactive ketones (excluding diaryl/α,β-unsaturated/α-hetero) is 1. The number of benzene rings is 1. The monoisotopic (exact) mass is 508 g/mol. The fourth-order valence-electron chi connectivity index (χ4n) is 3.58. The van der Waals surface area contributed by atoms with Gasteiger partial charge in [0, 0.05) is 13.0 Å². The normalized spacial score (nSPS) is 13.1. The van der Waals surface area contributed by atoms with E-state index < -0.39 is 12.1 Å². The molecule has 0 amide bonds. The van der Waals surface area contributed by atoms with E-state index in [1.807, 2.05) is 6.92 Å². The lowest BCUT2D eigenvalue weighted by atomic mass is 10.0. The van der Waals surface area contributed by atoms with Crippen LogP contribution in [-0.4, -0.2) is 34.7 Å². The molecule has 5 nitrogen and oxygen atoms in total. The molecule has 0 fully saturated rings. The van der Waals surface area contributed by atoms with Crippen LogP contribution < -0.4 is 0 Å². The number of rotatable bonds is 20. The highest BCUT2D eigenvalue weighted by molar-refractivity contribution is 5.92. The number of ether oxygens (including phenoxy) is 1. The van der Waals surface area contributed by atoms with Crippen molar-refractivity contribution in [2.75, 3.05) is 6.61 Å². The van der Waals surface area contributed by atoms with Crippen molar-refractivity contribution in [1.29, 1.82) is 0 Å². The Hall–Kier alpha value is -3.18. The van der Waals surface area contributed by atoms with Gasteiger partial charge in [0.05, 0.1) is 0 Å². The summed E-state index contributed by atoms with van der Waals surface area (Å²) in [6.45, 7) is 4.56. The first-order chi connectivity index (χ1) is 18.0. The zero-order chi connectivity index (χ0) is 27.1. The predicted octanol–water partition coefficient (Wildman–Crippen LogP) is 7.92. The van der Waals surface area contributed by atoms with E-state index in [-0.39, 0.29) is 23.5 Å². The summed E-state index contributed by atoms with van der Waals surface area (Å²) >= 11 is 0. The Morgan fingerprint density at radius 3 is 1.95 bits per heavy atom. The third kappa shape index (κ3) is 15.5. The van der Waals surface area contributed by atoms with Gasteiger partial charge in [-0.25, -0.2) is 4.79 Å². The number of hydrogen-bond acceptors (Lipinski definition) is 4. The number of aromatic hydroxyl groups is 1. The maximum absolute atomic E-state index is 12.6. The number of allylic oxidation sites excluding steroid dienone is 10. The summed E-state index contributed by atoms with van der Waals surface area (Å²) in [5.74, 6) is -1.61. The Labute approximate surface area is 222 Å². The molecule has 0 aliphatic carbocycles. The number of hydrogen-bond donors (Lipinski definition) is 2. The Morgan fingerprint density at radius 2 is 1.41 bits per heavy atom. The second-order valence-corrected chi connectivity index (χ2v) is 8.77. The predicted molar refractivity (Wildman–Crippen MR) is 152 cm³/mol. The van der Waals surface area contributed by atoms with Crippen LogP contribution in [0.25, 0.3) is 0 Å². The summed E-state index contributed by atoms with van der Waals surface area (Å²) in [5.41, 5.74) is 0.356. The van der Waals surface area contributed by atoms with Crippen molar-refractivity contribution < 1.29 is 24.5 Å². The molecule has 37 heavy (non-hydrogen) atoms. The van der Waals surface area contributed by atoms with Gasteiger partial charge in [-0.1, -0.05) is 80.7 Å². The number of ketones is 1. The lowest BCUT2D eigenvalue weighted by Crippen LogP contribution is -2.25. The molecule has 0 bridgehead atoms. The van der Waals surface area contributed by atoms with E-state index in [1.54, 1.807) is 6.07 Å². The molecule has 0 aromatic heterocycles. The van der Waals surface area contributed by atoms with E-state index in [9.17, 15) is 14.7 Å². The highest BCUT2D eigenvalue weighted by atomic mass is 16.5. The molecular formula is C32H44O5. The van der Waals surface area contributed by atoms with E-state index in [4.69, 9.17) is 9.84 Å². The van der Waals surface area contributed by atoms with Crippen LogP contribution in [0.1, 0.15) is 87.6 Å². The van der Waals surface area contributed by atoms with Gasteiger partial charge < -0.3 is 14.9 Å². The van der Waals surface area contributed by atoms with Gasteiger partial charge in [0.25, 0.3) is 0 Å². The fourth-order valence-corrected chi connectivity index (χ4v) is 3.58. The number of carboxylic acid groups (broad SMARTS) is 1. The maximum atomic E-state index is 12.6. The van der Waals surface area contributed by atoms with Crippen molar-refractivity contribution in [2.24, 2.45) is 0 Å². The Morgan fingerprint density at radius 1 is 0.838 bits per heavy atom. The zero-order valence-electron chi connectivity index (χ0n) is 22.5. The van der Waals surface area contributed by atoms with Gasteiger partial charge in [-0.15, -0.1) is 0 Å². The number of carbonyl (C=O) groups is 2. The van der Waals surface area contributed by atoms with Gasteiger partial charge in [0.15, 0.2) is 5.78 Å². The van der Waals surface area contributed by atoms with E-state index in [1.165, 1.54) is 12.1 Å². The van der Waals surface area contributed by atoms with Crippen LogP contribution in [0.2, 0.25) is 0 Å². The number of carbonyl (C=O) groups excluding carboxylic acids is 1. The standard InChI is InChI=1S/C32H44O5/c1-3-5-6-7-8-9-10-11-12-13-14-15-16-17-18-19-20-21-24-37-31(4-2)30(34)26-27-22-23-29(33)28(25-27)32(35)36/h5-6,8-9,11-12,14-15,17-18,22-23,25,31,33H,3-4,7,10,13,16,19-21,24,26H2,1-2H3,(H,35,36)/b6-5-,9-8-,12-11-,15-14-,18-17-/t31-/m1/s1. The maximum Gasteiger partial charge on any atom is 0.339 e. The minimum Gasteiger partial charge on any atom is -0.507 e. The third-order valence-electron chi connectivity index (χ3n) is 5.64. The van der Waals surface area contributed by atoms with Gasteiger partial charge in [0.1, 0.15) is 17.4 Å². The molecule has 0 aliphatic rings.